The van der Waals surface area contributed by atoms with Crippen LogP contribution in [0.2, 0.25) is 5.02 Å². The van der Waals surface area contributed by atoms with Gasteiger partial charge in [0.25, 0.3) is 5.56 Å². The van der Waals surface area contributed by atoms with Crippen LogP contribution in [-0.2, 0) is 33.6 Å². The Kier molecular flexibility index (Phi) is 6.83. The molecule has 0 fully saturated rings. The van der Waals surface area contributed by atoms with Gasteiger partial charge in [0.2, 0.25) is 0 Å². The van der Waals surface area contributed by atoms with E-state index in [-0.39, 0.29) is 29.4 Å². The third-order valence-corrected chi connectivity index (χ3v) is 5.67. The number of ether oxygens (including phenoxy) is 2. The van der Waals surface area contributed by atoms with Crippen LogP contribution in [0, 0.1) is 0 Å². The number of hydrogen-bond donors (Lipinski definition) is 3. The van der Waals surface area contributed by atoms with Crippen LogP contribution in [-0.4, -0.2) is 33.8 Å². The number of nitrogens with one attached hydrogen (secondary N) is 2. The van der Waals surface area contributed by atoms with Crippen molar-refractivity contribution in [2.24, 2.45) is 0 Å². The second kappa shape index (κ2) is 9.96. The topological polar surface area (TPSA) is 131 Å². The van der Waals surface area contributed by atoms with Crippen molar-refractivity contribution in [1.29, 1.82) is 0 Å². The molecule has 176 valence electrons. The van der Waals surface area contributed by atoms with Crippen LogP contribution in [0.25, 0.3) is 0 Å². The number of halogens is 1. The van der Waals surface area contributed by atoms with Gasteiger partial charge in [-0.15, -0.1) is 0 Å². The summed E-state index contributed by atoms with van der Waals surface area (Å²) in [6.07, 6.45) is 2.51. The van der Waals surface area contributed by atoms with Crippen molar-refractivity contribution in [2.75, 3.05) is 11.9 Å². The number of aromatic hydroxyl groups is 1. The summed E-state index contributed by atoms with van der Waals surface area (Å²) in [5.74, 6) is -0.841. The summed E-state index contributed by atoms with van der Waals surface area (Å²) >= 11 is 6.52. The molecular formula is C24H22ClN3O6. The van der Waals surface area contributed by atoms with Gasteiger partial charge < -0.3 is 19.9 Å². The second-order valence-corrected chi connectivity index (χ2v) is 8.11. The lowest BCUT2D eigenvalue weighted by Gasteiger charge is -2.17. The van der Waals surface area contributed by atoms with E-state index < -0.39 is 11.9 Å². The molecule has 34 heavy (non-hydrogen) atoms. The Morgan fingerprint density at radius 1 is 1.18 bits per heavy atom. The number of amides is 1. The third-order valence-electron chi connectivity index (χ3n) is 5.39. The molecule has 1 aromatic heterocycles. The Hall–Kier alpha value is -3.85. The number of benzene rings is 2. The third kappa shape index (κ3) is 5.04. The minimum absolute atomic E-state index is 0.0636. The molecule has 0 saturated carbocycles. The predicted molar refractivity (Wildman–Crippen MR) is 125 cm³/mol. The lowest BCUT2D eigenvalue weighted by Crippen LogP contribution is -2.25. The first-order chi connectivity index (χ1) is 16.4. The van der Waals surface area contributed by atoms with Crippen LogP contribution in [0.4, 0.5) is 5.69 Å². The van der Waals surface area contributed by atoms with Crippen molar-refractivity contribution in [1.82, 2.24) is 10.2 Å². The molecule has 10 heteroatoms. The summed E-state index contributed by atoms with van der Waals surface area (Å²) in [6.45, 7) is 1.72. The zero-order chi connectivity index (χ0) is 24.2. The largest absolute Gasteiger partial charge is 0.508 e. The quantitative estimate of drug-likeness (QED) is 0.361. The molecule has 0 atom stereocenters. The summed E-state index contributed by atoms with van der Waals surface area (Å²) in [7, 11) is 0. The lowest BCUT2D eigenvalue weighted by atomic mass is 10.1. The van der Waals surface area contributed by atoms with Gasteiger partial charge in [-0.1, -0.05) is 11.6 Å². The second-order valence-electron chi connectivity index (χ2n) is 7.70. The maximum Gasteiger partial charge on any atom is 0.397 e. The molecule has 4 rings (SSSR count). The van der Waals surface area contributed by atoms with Gasteiger partial charge >= 0.3 is 11.9 Å². The summed E-state index contributed by atoms with van der Waals surface area (Å²) < 4.78 is 10.9. The average molecular weight is 484 g/mol. The highest BCUT2D eigenvalue weighted by atomic mass is 35.5. The Morgan fingerprint density at radius 3 is 2.71 bits per heavy atom. The number of phenols is 1. The summed E-state index contributed by atoms with van der Waals surface area (Å²) in [5, 5.41) is 19.5. The summed E-state index contributed by atoms with van der Waals surface area (Å²) in [6, 6.07) is 9.32. The number of aromatic nitrogens is 2. The standard InChI is InChI=1S/C24H22ClN3O6/c1-2-33-24(32)23(31)26-19-12-18(25)22(17-5-3-4-16(17)19)34-15-7-8-20(29)13(11-15)10-14-6-9-21(30)28-27-14/h6-9,11-12,29H,2-5,10H2,1H3,(H,26,31)(H,28,30). The van der Waals surface area contributed by atoms with Crippen molar-refractivity contribution in [2.45, 2.75) is 32.6 Å². The van der Waals surface area contributed by atoms with Gasteiger partial charge in [-0.25, -0.2) is 9.89 Å². The average Bonchev–Trinajstić information content (AvgIpc) is 3.30. The van der Waals surface area contributed by atoms with E-state index in [0.717, 1.165) is 17.5 Å². The molecule has 1 heterocycles. The predicted octanol–water partition coefficient (Wildman–Crippen LogP) is 3.50. The SMILES string of the molecule is CCOC(=O)C(=O)Nc1cc(Cl)c(Oc2ccc(O)c(Cc3ccc(=O)[nH]n3)c2)c2c1CCC2. The number of phenolic OH excluding ortho intramolecular Hbond substituents is 1. The van der Waals surface area contributed by atoms with Gasteiger partial charge in [0.1, 0.15) is 17.2 Å². The van der Waals surface area contributed by atoms with Crippen molar-refractivity contribution in [3.63, 3.8) is 0 Å². The number of rotatable bonds is 6. The van der Waals surface area contributed by atoms with Crippen LogP contribution >= 0.6 is 11.6 Å². The molecule has 0 unspecified atom stereocenters. The van der Waals surface area contributed by atoms with Gasteiger partial charge in [-0.3, -0.25) is 9.59 Å². The smallest absolute Gasteiger partial charge is 0.397 e. The molecule has 1 aliphatic rings. The maximum absolute atomic E-state index is 12.1. The molecule has 0 bridgehead atoms. The molecule has 3 aromatic rings. The number of fused-ring (bicyclic) bond motifs is 1. The van der Waals surface area contributed by atoms with E-state index in [4.69, 9.17) is 21.1 Å². The number of aromatic amines is 1. The van der Waals surface area contributed by atoms with Crippen molar-refractivity contribution >= 4 is 29.2 Å². The zero-order valence-electron chi connectivity index (χ0n) is 18.3. The summed E-state index contributed by atoms with van der Waals surface area (Å²) in [5.41, 5.74) is 2.99. The number of H-pyrrole nitrogens is 1. The molecule has 1 amide bonds. The Balaban J connectivity index is 1.60. The molecule has 2 aromatic carbocycles. The van der Waals surface area contributed by atoms with Crippen LogP contribution in [0.5, 0.6) is 17.2 Å². The van der Waals surface area contributed by atoms with Crippen LogP contribution in [0.15, 0.2) is 41.2 Å². The lowest BCUT2D eigenvalue weighted by molar-refractivity contribution is -0.152. The summed E-state index contributed by atoms with van der Waals surface area (Å²) in [4.78, 5) is 35.1. The van der Waals surface area contributed by atoms with E-state index in [2.05, 4.69) is 15.5 Å². The fraction of sp³-hybridized carbons (Fsp3) is 0.250. The molecule has 0 saturated heterocycles. The van der Waals surface area contributed by atoms with E-state index in [0.29, 0.717) is 41.3 Å². The highest BCUT2D eigenvalue weighted by molar-refractivity contribution is 6.38. The molecule has 0 spiro atoms. The van der Waals surface area contributed by atoms with Crippen LogP contribution in [0.3, 0.4) is 0 Å². The molecule has 0 aliphatic heterocycles. The first-order valence-electron chi connectivity index (χ1n) is 10.7. The van der Waals surface area contributed by atoms with E-state index in [1.54, 1.807) is 31.2 Å². The van der Waals surface area contributed by atoms with Gasteiger partial charge in [0, 0.05) is 29.3 Å². The fourth-order valence-corrected chi connectivity index (χ4v) is 4.12. The highest BCUT2D eigenvalue weighted by Gasteiger charge is 2.26. The maximum atomic E-state index is 12.1. The van der Waals surface area contributed by atoms with Crippen molar-refractivity contribution < 1.29 is 24.2 Å². The van der Waals surface area contributed by atoms with Gasteiger partial charge in [0.05, 0.1) is 17.3 Å². The number of nitrogens with zero attached hydrogens (tertiary/aromatic N) is 1. The van der Waals surface area contributed by atoms with Crippen molar-refractivity contribution in [3.8, 4) is 17.2 Å². The number of hydrogen-bond acceptors (Lipinski definition) is 7. The van der Waals surface area contributed by atoms with Crippen LogP contribution in [0.1, 0.15) is 35.7 Å². The molecule has 9 nitrogen and oxygen atoms in total. The first kappa shape index (κ1) is 23.3. The first-order valence-corrected chi connectivity index (χ1v) is 11.1. The van der Waals surface area contributed by atoms with Gasteiger partial charge in [-0.2, -0.15) is 5.10 Å². The van der Waals surface area contributed by atoms with Gasteiger partial charge in [0.15, 0.2) is 0 Å². The number of esters is 1. The Morgan fingerprint density at radius 2 is 1.97 bits per heavy atom. The highest BCUT2D eigenvalue weighted by Crippen LogP contribution is 2.43. The van der Waals surface area contributed by atoms with Gasteiger partial charge in [-0.05, 0) is 62.1 Å². The zero-order valence-corrected chi connectivity index (χ0v) is 19.1. The van der Waals surface area contributed by atoms with E-state index in [1.165, 1.54) is 12.1 Å². The van der Waals surface area contributed by atoms with E-state index >= 15 is 0 Å². The minimum atomic E-state index is -0.959. The molecule has 3 N–H and O–H groups in total. The molecule has 0 radical (unpaired) electrons. The minimum Gasteiger partial charge on any atom is -0.508 e. The number of carbonyl (C=O) groups excluding carboxylic acids is 2. The normalized spacial score (nSPS) is 12.2. The van der Waals surface area contributed by atoms with Crippen LogP contribution < -0.4 is 15.6 Å². The molecule has 1 aliphatic carbocycles. The number of anilines is 1. The Bertz CT molecular complexity index is 1300. The van der Waals surface area contributed by atoms with E-state index in [9.17, 15) is 19.5 Å². The van der Waals surface area contributed by atoms with Crippen molar-refractivity contribution in [3.05, 3.63) is 74.2 Å². The fourth-order valence-electron chi connectivity index (χ4n) is 3.86. The Labute approximate surface area is 199 Å². The monoisotopic (exact) mass is 483 g/mol. The molecular weight excluding hydrogens is 462 g/mol. The van der Waals surface area contributed by atoms with E-state index in [1.807, 2.05) is 0 Å². The number of carbonyl (C=O) groups is 2.